The van der Waals surface area contributed by atoms with E-state index in [4.69, 9.17) is 0 Å². The van der Waals surface area contributed by atoms with Gasteiger partial charge < -0.3 is 0 Å². The number of ketones is 1. The third-order valence-electron chi connectivity index (χ3n) is 4.78. The molecule has 1 saturated heterocycles. The minimum absolute atomic E-state index is 0.0506. The van der Waals surface area contributed by atoms with E-state index in [-0.39, 0.29) is 17.7 Å². The summed E-state index contributed by atoms with van der Waals surface area (Å²) in [5.41, 5.74) is 4.13. The van der Waals surface area contributed by atoms with E-state index in [1.807, 2.05) is 35.3 Å². The lowest BCUT2D eigenvalue weighted by Gasteiger charge is -2.26. The molecule has 2 aliphatic heterocycles. The molecule has 0 spiro atoms. The van der Waals surface area contributed by atoms with Crippen molar-refractivity contribution in [2.24, 2.45) is 10.9 Å². The summed E-state index contributed by atoms with van der Waals surface area (Å²) < 4.78 is 14.2. The molecule has 1 aromatic rings. The van der Waals surface area contributed by atoms with Crippen molar-refractivity contribution in [1.29, 1.82) is 0 Å². The molecule has 1 aliphatic carbocycles. The fourth-order valence-electron chi connectivity index (χ4n) is 3.33. The van der Waals surface area contributed by atoms with Crippen LogP contribution in [0.25, 0.3) is 0 Å². The second kappa shape index (κ2) is 4.91. The largest absolute Gasteiger partial charge is 0.298 e. The van der Waals surface area contributed by atoms with Gasteiger partial charge in [-0.15, -0.1) is 0 Å². The number of rotatable bonds is 3. The summed E-state index contributed by atoms with van der Waals surface area (Å²) in [5.74, 6) is 0.493. The van der Waals surface area contributed by atoms with Crippen LogP contribution in [-0.4, -0.2) is 29.0 Å². The smallest absolute Gasteiger partial charge is 0.201 e. The summed E-state index contributed by atoms with van der Waals surface area (Å²) in [6, 6.07) is 9.77. The Bertz CT molecular complexity index is 584. The highest BCUT2D eigenvalue weighted by Gasteiger charge is 2.48. The summed E-state index contributed by atoms with van der Waals surface area (Å²) in [6.07, 6.45) is 1.80. The minimum atomic E-state index is -1.03. The molecule has 5 heteroatoms. The first kappa shape index (κ1) is 13.0. The first-order valence-corrected chi connectivity index (χ1v) is 7.60. The van der Waals surface area contributed by atoms with E-state index in [0.717, 1.165) is 24.8 Å². The van der Waals surface area contributed by atoms with Crippen molar-refractivity contribution >= 4 is 11.6 Å². The molecular weight excluding hydrogens is 269 g/mol. The second-order valence-corrected chi connectivity index (χ2v) is 6.08. The Kier molecular flexibility index (Phi) is 3.03. The van der Waals surface area contributed by atoms with E-state index in [1.54, 1.807) is 0 Å². The molecule has 3 atom stereocenters. The van der Waals surface area contributed by atoms with Gasteiger partial charge in [0.05, 0.1) is 6.04 Å². The number of carbonyl (C=O) groups is 1. The molecule has 0 amide bonds. The molecule has 2 fully saturated rings. The number of nitrogens with zero attached hydrogens (tertiary/aromatic N) is 2. The van der Waals surface area contributed by atoms with Gasteiger partial charge in [-0.3, -0.25) is 10.2 Å². The van der Waals surface area contributed by atoms with Crippen LogP contribution in [0, 0.1) is 5.92 Å². The molecule has 1 unspecified atom stereocenters. The highest BCUT2D eigenvalue weighted by molar-refractivity contribution is 6.40. The van der Waals surface area contributed by atoms with Gasteiger partial charge in [0.2, 0.25) is 5.78 Å². The van der Waals surface area contributed by atoms with Crippen molar-refractivity contribution in [2.45, 2.75) is 44.1 Å². The molecule has 0 bridgehead atoms. The molecule has 1 saturated carbocycles. The SMILES string of the molecule is O=C(C1=NC2[C@H](F)C[C@H](c3ccccc3)N2N1)C1CCC1. The normalized spacial score (nSPS) is 32.2. The monoisotopic (exact) mass is 287 g/mol. The zero-order chi connectivity index (χ0) is 14.4. The number of nitrogens with one attached hydrogen (secondary N) is 1. The van der Waals surface area contributed by atoms with Crippen molar-refractivity contribution in [1.82, 2.24) is 10.4 Å². The van der Waals surface area contributed by atoms with Gasteiger partial charge in [-0.1, -0.05) is 36.8 Å². The van der Waals surface area contributed by atoms with Crippen molar-refractivity contribution in [3.63, 3.8) is 0 Å². The lowest BCUT2D eigenvalue weighted by atomic mass is 9.82. The lowest BCUT2D eigenvalue weighted by molar-refractivity contribution is -0.118. The fraction of sp³-hybridized carbons (Fsp3) is 0.500. The Morgan fingerprint density at radius 1 is 1.29 bits per heavy atom. The first-order valence-electron chi connectivity index (χ1n) is 7.60. The number of carbonyl (C=O) groups excluding carboxylic acids is 1. The molecule has 2 heterocycles. The zero-order valence-corrected chi connectivity index (χ0v) is 11.7. The average Bonchev–Trinajstić information content (AvgIpc) is 2.99. The van der Waals surface area contributed by atoms with Gasteiger partial charge in [0.25, 0.3) is 0 Å². The van der Waals surface area contributed by atoms with Crippen LogP contribution in [0.3, 0.4) is 0 Å². The maximum Gasteiger partial charge on any atom is 0.201 e. The van der Waals surface area contributed by atoms with Crippen LogP contribution in [0.2, 0.25) is 0 Å². The van der Waals surface area contributed by atoms with E-state index in [0.29, 0.717) is 12.3 Å². The third kappa shape index (κ3) is 2.07. The fourth-order valence-corrected chi connectivity index (χ4v) is 3.33. The van der Waals surface area contributed by atoms with Gasteiger partial charge in [-0.25, -0.2) is 9.38 Å². The number of aliphatic imine (C=N–C) groups is 1. The van der Waals surface area contributed by atoms with Gasteiger partial charge in [-0.2, -0.15) is 5.01 Å². The molecule has 0 aromatic heterocycles. The summed E-state index contributed by atoms with van der Waals surface area (Å²) in [5, 5.41) is 1.81. The number of halogens is 1. The number of hydrogen-bond donors (Lipinski definition) is 1. The average molecular weight is 287 g/mol. The summed E-state index contributed by atoms with van der Waals surface area (Å²) in [4.78, 5) is 16.6. The van der Waals surface area contributed by atoms with Gasteiger partial charge in [0.1, 0.15) is 6.17 Å². The van der Waals surface area contributed by atoms with Gasteiger partial charge >= 0.3 is 0 Å². The van der Waals surface area contributed by atoms with Crippen LogP contribution in [-0.2, 0) is 4.79 Å². The zero-order valence-electron chi connectivity index (χ0n) is 11.7. The van der Waals surface area contributed by atoms with Crippen molar-refractivity contribution in [3.05, 3.63) is 35.9 Å². The van der Waals surface area contributed by atoms with Crippen molar-refractivity contribution in [2.75, 3.05) is 0 Å². The number of fused-ring (bicyclic) bond motifs is 1. The number of amidine groups is 1. The molecule has 0 radical (unpaired) electrons. The standard InChI is InChI=1S/C16H18FN3O/c17-12-9-13(10-5-2-1-3-6-10)20-16(12)18-15(19-20)14(21)11-7-4-8-11/h1-3,5-6,11-13,16H,4,7-9H2,(H,18,19)/t12-,13-,16?/m1/s1. The highest BCUT2D eigenvalue weighted by atomic mass is 19.1. The Balaban J connectivity index is 1.56. The molecular formula is C16H18FN3O. The van der Waals surface area contributed by atoms with E-state index < -0.39 is 12.3 Å². The minimum Gasteiger partial charge on any atom is -0.298 e. The Morgan fingerprint density at radius 3 is 2.71 bits per heavy atom. The second-order valence-electron chi connectivity index (χ2n) is 6.08. The van der Waals surface area contributed by atoms with Crippen molar-refractivity contribution in [3.8, 4) is 0 Å². The van der Waals surface area contributed by atoms with Gasteiger partial charge in [0.15, 0.2) is 12.0 Å². The molecule has 110 valence electrons. The lowest BCUT2D eigenvalue weighted by Crippen LogP contribution is -2.44. The van der Waals surface area contributed by atoms with Gasteiger partial charge in [-0.05, 0) is 18.4 Å². The molecule has 3 aliphatic rings. The Morgan fingerprint density at radius 2 is 2.05 bits per heavy atom. The molecule has 21 heavy (non-hydrogen) atoms. The van der Waals surface area contributed by atoms with E-state index in [1.165, 1.54) is 0 Å². The van der Waals surface area contributed by atoms with Crippen LogP contribution in [0.5, 0.6) is 0 Å². The molecule has 1 N–H and O–H groups in total. The maximum atomic E-state index is 14.2. The van der Waals surface area contributed by atoms with Crippen LogP contribution in [0.15, 0.2) is 35.3 Å². The predicted molar refractivity (Wildman–Crippen MR) is 77.2 cm³/mol. The first-order chi connectivity index (χ1) is 10.2. The molecule has 1 aromatic carbocycles. The van der Waals surface area contributed by atoms with Crippen LogP contribution < -0.4 is 5.43 Å². The predicted octanol–water partition coefficient (Wildman–Crippen LogP) is 2.38. The van der Waals surface area contributed by atoms with Crippen LogP contribution in [0.4, 0.5) is 4.39 Å². The number of hydrogen-bond acceptors (Lipinski definition) is 4. The number of benzene rings is 1. The van der Waals surface area contributed by atoms with Crippen LogP contribution >= 0.6 is 0 Å². The molecule has 4 rings (SSSR count). The Labute approximate surface area is 123 Å². The summed E-state index contributed by atoms with van der Waals surface area (Å²) in [7, 11) is 0. The Hall–Kier alpha value is -1.75. The van der Waals surface area contributed by atoms with Crippen molar-refractivity contribution < 1.29 is 9.18 Å². The highest BCUT2D eigenvalue weighted by Crippen LogP contribution is 2.39. The summed E-state index contributed by atoms with van der Waals surface area (Å²) >= 11 is 0. The molecule has 4 nitrogen and oxygen atoms in total. The number of alkyl halides is 1. The van der Waals surface area contributed by atoms with E-state index in [9.17, 15) is 9.18 Å². The van der Waals surface area contributed by atoms with E-state index in [2.05, 4.69) is 10.4 Å². The maximum absolute atomic E-state index is 14.2. The number of hydrazine groups is 1. The third-order valence-corrected chi connectivity index (χ3v) is 4.78. The summed E-state index contributed by atoms with van der Waals surface area (Å²) in [6.45, 7) is 0. The quantitative estimate of drug-likeness (QED) is 0.928. The topological polar surface area (TPSA) is 44.7 Å². The van der Waals surface area contributed by atoms with Gasteiger partial charge in [0, 0.05) is 12.3 Å². The van der Waals surface area contributed by atoms with E-state index >= 15 is 0 Å². The van der Waals surface area contributed by atoms with Crippen LogP contribution in [0.1, 0.15) is 37.3 Å². The number of Topliss-reactive ketones (excluding diaryl/α,β-unsaturated/α-hetero) is 1.